The summed E-state index contributed by atoms with van der Waals surface area (Å²) in [7, 11) is 0. The molecular weight excluding hydrogens is 158 g/mol. The van der Waals surface area contributed by atoms with Gasteiger partial charge in [0.1, 0.15) is 0 Å². The van der Waals surface area contributed by atoms with Crippen molar-refractivity contribution in [1.29, 1.82) is 0 Å². The molecular formula is C8H13NO3. The van der Waals surface area contributed by atoms with Gasteiger partial charge in [0.25, 0.3) is 0 Å². The summed E-state index contributed by atoms with van der Waals surface area (Å²) in [5.41, 5.74) is 0. The zero-order valence-electron chi connectivity index (χ0n) is 7.13. The fourth-order valence-corrected chi connectivity index (χ4v) is 1.09. The molecule has 4 nitrogen and oxygen atoms in total. The molecule has 0 radical (unpaired) electrons. The van der Waals surface area contributed by atoms with E-state index in [1.165, 1.54) is 0 Å². The summed E-state index contributed by atoms with van der Waals surface area (Å²) in [6.07, 6.45) is 0.969. The number of carbonyl (C=O) groups excluding carboxylic acids is 2. The molecule has 0 saturated carbocycles. The van der Waals surface area contributed by atoms with Crippen LogP contribution in [0.3, 0.4) is 0 Å². The van der Waals surface area contributed by atoms with Crippen molar-refractivity contribution in [1.82, 2.24) is 5.32 Å². The molecule has 1 aliphatic heterocycles. The number of amides is 1. The van der Waals surface area contributed by atoms with E-state index in [9.17, 15) is 9.59 Å². The van der Waals surface area contributed by atoms with Crippen LogP contribution in [0.2, 0.25) is 0 Å². The number of hydrogen-bond acceptors (Lipinski definition) is 3. The van der Waals surface area contributed by atoms with E-state index in [4.69, 9.17) is 4.74 Å². The maximum atomic E-state index is 10.8. The molecule has 68 valence electrons. The van der Waals surface area contributed by atoms with Crippen molar-refractivity contribution >= 4 is 11.9 Å². The third kappa shape index (κ3) is 2.22. The average molecular weight is 171 g/mol. The molecule has 0 aromatic carbocycles. The van der Waals surface area contributed by atoms with Crippen molar-refractivity contribution in [3.63, 3.8) is 0 Å². The second-order valence-electron chi connectivity index (χ2n) is 2.79. The van der Waals surface area contributed by atoms with Gasteiger partial charge in [-0.3, -0.25) is 9.59 Å². The van der Waals surface area contributed by atoms with Gasteiger partial charge >= 0.3 is 5.97 Å². The van der Waals surface area contributed by atoms with Crippen LogP contribution in [-0.2, 0) is 14.3 Å². The summed E-state index contributed by atoms with van der Waals surface area (Å²) in [6, 6.07) is 0. The molecule has 1 amide bonds. The van der Waals surface area contributed by atoms with Crippen molar-refractivity contribution in [3.05, 3.63) is 0 Å². The lowest BCUT2D eigenvalue weighted by Gasteiger charge is -2.25. The highest BCUT2D eigenvalue weighted by Gasteiger charge is 2.27. The Balaban J connectivity index is 2.08. The molecule has 1 unspecified atom stereocenters. The monoisotopic (exact) mass is 171 g/mol. The molecule has 12 heavy (non-hydrogen) atoms. The number of esters is 1. The van der Waals surface area contributed by atoms with Gasteiger partial charge in [-0.15, -0.1) is 0 Å². The van der Waals surface area contributed by atoms with Crippen LogP contribution in [0.5, 0.6) is 0 Å². The van der Waals surface area contributed by atoms with Crippen LogP contribution in [0.15, 0.2) is 0 Å². The Morgan fingerprint density at radius 1 is 1.75 bits per heavy atom. The van der Waals surface area contributed by atoms with Crippen LogP contribution in [0.25, 0.3) is 0 Å². The molecule has 0 aromatic heterocycles. The van der Waals surface area contributed by atoms with Crippen LogP contribution < -0.4 is 5.32 Å². The first kappa shape index (κ1) is 9.03. The molecule has 0 aromatic rings. The molecule has 4 heteroatoms. The van der Waals surface area contributed by atoms with E-state index in [2.05, 4.69) is 5.32 Å². The van der Waals surface area contributed by atoms with E-state index in [0.29, 0.717) is 26.0 Å². The summed E-state index contributed by atoms with van der Waals surface area (Å²) in [5, 5.41) is 2.62. The Morgan fingerprint density at radius 2 is 2.50 bits per heavy atom. The van der Waals surface area contributed by atoms with Crippen molar-refractivity contribution in [3.8, 4) is 0 Å². The normalized spacial score (nSPS) is 21.1. The second kappa shape index (κ2) is 4.09. The molecule has 1 rings (SSSR count). The summed E-state index contributed by atoms with van der Waals surface area (Å²) in [4.78, 5) is 21.6. The smallest absolute Gasteiger partial charge is 0.305 e. The van der Waals surface area contributed by atoms with Crippen LogP contribution in [0, 0.1) is 5.92 Å². The maximum absolute atomic E-state index is 10.8. The molecule has 1 N–H and O–H groups in total. The highest BCUT2D eigenvalue weighted by atomic mass is 16.5. The van der Waals surface area contributed by atoms with Crippen LogP contribution >= 0.6 is 0 Å². The quantitative estimate of drug-likeness (QED) is 0.481. The third-order valence-electron chi connectivity index (χ3n) is 1.90. The molecule has 0 bridgehead atoms. The van der Waals surface area contributed by atoms with Crippen LogP contribution in [-0.4, -0.2) is 25.0 Å². The van der Waals surface area contributed by atoms with Crippen molar-refractivity contribution < 1.29 is 14.3 Å². The van der Waals surface area contributed by atoms with E-state index >= 15 is 0 Å². The third-order valence-corrected chi connectivity index (χ3v) is 1.90. The zero-order chi connectivity index (χ0) is 8.97. The van der Waals surface area contributed by atoms with E-state index < -0.39 is 0 Å². The SMILES string of the molecule is CCOC(=O)CCC1CNC1=O. The fourth-order valence-electron chi connectivity index (χ4n) is 1.09. The molecule has 1 saturated heterocycles. The number of carbonyl (C=O) groups is 2. The van der Waals surface area contributed by atoms with E-state index in [1.54, 1.807) is 6.92 Å². The minimum Gasteiger partial charge on any atom is -0.466 e. The first-order valence-corrected chi connectivity index (χ1v) is 4.17. The van der Waals surface area contributed by atoms with E-state index in [0.717, 1.165) is 0 Å². The number of nitrogens with one attached hydrogen (secondary N) is 1. The summed E-state index contributed by atoms with van der Waals surface area (Å²) >= 11 is 0. The van der Waals surface area contributed by atoms with E-state index in [-0.39, 0.29) is 17.8 Å². The highest BCUT2D eigenvalue weighted by Crippen LogP contribution is 2.12. The van der Waals surface area contributed by atoms with Gasteiger partial charge < -0.3 is 10.1 Å². The first-order valence-electron chi connectivity index (χ1n) is 4.17. The minimum atomic E-state index is -0.211. The lowest BCUT2D eigenvalue weighted by molar-refractivity contribution is -0.144. The Labute approximate surface area is 71.3 Å². The van der Waals surface area contributed by atoms with Crippen molar-refractivity contribution in [2.75, 3.05) is 13.2 Å². The zero-order valence-corrected chi connectivity index (χ0v) is 7.13. The molecule has 1 atom stereocenters. The van der Waals surface area contributed by atoms with Gasteiger partial charge in [-0.2, -0.15) is 0 Å². The van der Waals surface area contributed by atoms with Gasteiger partial charge in [-0.25, -0.2) is 0 Å². The number of β-lactam (4-membered cyclic amide) rings is 1. The molecule has 0 aliphatic carbocycles. The lowest BCUT2D eigenvalue weighted by Crippen LogP contribution is -2.48. The largest absolute Gasteiger partial charge is 0.466 e. The lowest BCUT2D eigenvalue weighted by atomic mass is 9.96. The second-order valence-corrected chi connectivity index (χ2v) is 2.79. The molecule has 1 fully saturated rings. The summed E-state index contributed by atoms with van der Waals surface area (Å²) in [5.74, 6) is -0.120. The van der Waals surface area contributed by atoms with Crippen molar-refractivity contribution in [2.24, 2.45) is 5.92 Å². The maximum Gasteiger partial charge on any atom is 0.305 e. The minimum absolute atomic E-state index is 0.0365. The Kier molecular flexibility index (Phi) is 3.08. The predicted molar refractivity (Wildman–Crippen MR) is 42.4 cm³/mol. The Morgan fingerprint density at radius 3 is 2.92 bits per heavy atom. The van der Waals surface area contributed by atoms with Crippen molar-refractivity contribution in [2.45, 2.75) is 19.8 Å². The molecule has 1 heterocycles. The van der Waals surface area contributed by atoms with Gasteiger partial charge in [-0.05, 0) is 13.3 Å². The fraction of sp³-hybridized carbons (Fsp3) is 0.750. The number of ether oxygens (including phenoxy) is 1. The first-order chi connectivity index (χ1) is 5.74. The topological polar surface area (TPSA) is 55.4 Å². The number of hydrogen-bond donors (Lipinski definition) is 1. The summed E-state index contributed by atoms with van der Waals surface area (Å²) in [6.45, 7) is 2.89. The molecule has 1 aliphatic rings. The predicted octanol–water partition coefficient (Wildman–Crippen LogP) is 0.0757. The van der Waals surface area contributed by atoms with Gasteiger partial charge in [0.15, 0.2) is 0 Å². The van der Waals surface area contributed by atoms with Gasteiger partial charge in [0.05, 0.1) is 12.5 Å². The van der Waals surface area contributed by atoms with Gasteiger partial charge in [-0.1, -0.05) is 0 Å². The standard InChI is InChI=1S/C8H13NO3/c1-2-12-7(10)4-3-6-5-9-8(6)11/h6H,2-5H2,1H3,(H,9,11). The van der Waals surface area contributed by atoms with Crippen LogP contribution in [0.4, 0.5) is 0 Å². The van der Waals surface area contributed by atoms with Gasteiger partial charge in [0.2, 0.25) is 5.91 Å². The Hall–Kier alpha value is -1.06. The highest BCUT2D eigenvalue weighted by molar-refractivity contribution is 5.84. The summed E-state index contributed by atoms with van der Waals surface area (Å²) < 4.78 is 4.73. The Bertz CT molecular complexity index is 191. The average Bonchev–Trinajstić information content (AvgIpc) is 2.03. The van der Waals surface area contributed by atoms with E-state index in [1.807, 2.05) is 0 Å². The van der Waals surface area contributed by atoms with Gasteiger partial charge in [0, 0.05) is 13.0 Å². The van der Waals surface area contributed by atoms with Crippen LogP contribution in [0.1, 0.15) is 19.8 Å². The molecule has 0 spiro atoms. The number of rotatable bonds is 4.